The van der Waals surface area contributed by atoms with Gasteiger partial charge in [0.15, 0.2) is 0 Å². The van der Waals surface area contributed by atoms with Gasteiger partial charge in [-0.3, -0.25) is 4.79 Å². The fraction of sp³-hybridized carbons (Fsp3) is 0.929. The Balaban J connectivity index is 2.69. The van der Waals surface area contributed by atoms with Crippen LogP contribution < -0.4 is 5.32 Å². The van der Waals surface area contributed by atoms with Gasteiger partial charge >= 0.3 is 0 Å². The van der Waals surface area contributed by atoms with Gasteiger partial charge in [0.25, 0.3) is 0 Å². The number of carbonyl (C=O) groups excluding carboxylic acids is 1. The standard InChI is InChI=1S/C14H27NO2/c1-7-15-9-10(2)12(16)11-8-13(3,4)17-14(11,5)6/h10-11,15H,7-9H2,1-6H3. The van der Waals surface area contributed by atoms with Gasteiger partial charge < -0.3 is 10.1 Å². The molecule has 1 heterocycles. The number of hydrogen-bond donors (Lipinski definition) is 1. The highest BCUT2D eigenvalue weighted by Gasteiger charge is 2.49. The molecule has 0 aromatic carbocycles. The highest BCUT2D eigenvalue weighted by molar-refractivity contribution is 5.84. The predicted molar refractivity (Wildman–Crippen MR) is 70.1 cm³/mol. The molecule has 17 heavy (non-hydrogen) atoms. The second-order valence-electron chi connectivity index (χ2n) is 6.33. The van der Waals surface area contributed by atoms with Gasteiger partial charge in [0.1, 0.15) is 5.78 Å². The van der Waals surface area contributed by atoms with E-state index in [-0.39, 0.29) is 23.0 Å². The molecule has 0 aromatic rings. The van der Waals surface area contributed by atoms with Crippen molar-refractivity contribution in [3.05, 3.63) is 0 Å². The van der Waals surface area contributed by atoms with Gasteiger partial charge in [0.05, 0.1) is 11.2 Å². The third kappa shape index (κ3) is 3.52. The molecule has 1 N–H and O–H groups in total. The second kappa shape index (κ2) is 5.07. The van der Waals surface area contributed by atoms with Crippen molar-refractivity contribution in [2.45, 2.75) is 59.2 Å². The first-order valence-corrected chi connectivity index (χ1v) is 6.64. The zero-order chi connectivity index (χ0) is 13.3. The van der Waals surface area contributed by atoms with E-state index in [1.54, 1.807) is 0 Å². The third-order valence-corrected chi connectivity index (χ3v) is 3.60. The Morgan fingerprint density at radius 1 is 1.41 bits per heavy atom. The summed E-state index contributed by atoms with van der Waals surface area (Å²) in [5.41, 5.74) is -0.511. The second-order valence-corrected chi connectivity index (χ2v) is 6.33. The molecular formula is C14H27NO2. The summed E-state index contributed by atoms with van der Waals surface area (Å²) in [7, 11) is 0. The Morgan fingerprint density at radius 3 is 2.41 bits per heavy atom. The van der Waals surface area contributed by atoms with E-state index in [1.807, 2.05) is 20.8 Å². The topological polar surface area (TPSA) is 38.3 Å². The van der Waals surface area contributed by atoms with E-state index in [2.05, 4.69) is 26.1 Å². The van der Waals surface area contributed by atoms with Crippen molar-refractivity contribution < 1.29 is 9.53 Å². The Hall–Kier alpha value is -0.410. The molecule has 0 bridgehead atoms. The van der Waals surface area contributed by atoms with E-state index < -0.39 is 0 Å². The number of carbonyl (C=O) groups is 1. The molecule has 1 aliphatic heterocycles. The van der Waals surface area contributed by atoms with Crippen LogP contribution in [0.2, 0.25) is 0 Å². The van der Waals surface area contributed by atoms with Crippen molar-refractivity contribution in [3.8, 4) is 0 Å². The first-order valence-electron chi connectivity index (χ1n) is 6.64. The zero-order valence-corrected chi connectivity index (χ0v) is 12.1. The molecule has 0 radical (unpaired) electrons. The molecule has 2 atom stereocenters. The molecule has 0 aliphatic carbocycles. The Bertz CT molecular complexity index is 284. The van der Waals surface area contributed by atoms with Gasteiger partial charge in [-0.1, -0.05) is 13.8 Å². The van der Waals surface area contributed by atoms with Crippen LogP contribution in [0.4, 0.5) is 0 Å². The van der Waals surface area contributed by atoms with Crippen LogP contribution in [0.1, 0.15) is 48.0 Å². The van der Waals surface area contributed by atoms with Crippen LogP contribution in [0, 0.1) is 11.8 Å². The first kappa shape index (κ1) is 14.7. The largest absolute Gasteiger partial charge is 0.369 e. The van der Waals surface area contributed by atoms with Gasteiger partial charge in [-0.15, -0.1) is 0 Å². The number of Topliss-reactive ketones (excluding diaryl/α,β-unsaturated/α-hetero) is 1. The molecule has 0 amide bonds. The maximum Gasteiger partial charge on any atom is 0.143 e. The van der Waals surface area contributed by atoms with E-state index in [0.717, 1.165) is 19.5 Å². The Morgan fingerprint density at radius 2 is 2.00 bits per heavy atom. The molecule has 1 aliphatic rings. The smallest absolute Gasteiger partial charge is 0.143 e. The monoisotopic (exact) mass is 241 g/mol. The van der Waals surface area contributed by atoms with Crippen LogP contribution in [0.25, 0.3) is 0 Å². The van der Waals surface area contributed by atoms with Crippen LogP contribution in [0.3, 0.4) is 0 Å². The SMILES string of the molecule is CCNCC(C)C(=O)C1CC(C)(C)OC1(C)C. The Kier molecular flexibility index (Phi) is 4.37. The van der Waals surface area contributed by atoms with Crippen molar-refractivity contribution in [2.24, 2.45) is 11.8 Å². The molecule has 100 valence electrons. The highest BCUT2D eigenvalue weighted by atomic mass is 16.5. The Labute approximate surface area is 105 Å². The fourth-order valence-corrected chi connectivity index (χ4v) is 2.81. The number of hydrogen-bond acceptors (Lipinski definition) is 3. The van der Waals surface area contributed by atoms with E-state index >= 15 is 0 Å². The molecule has 2 unspecified atom stereocenters. The molecular weight excluding hydrogens is 214 g/mol. The summed E-state index contributed by atoms with van der Waals surface area (Å²) in [6.07, 6.45) is 0.829. The quantitative estimate of drug-likeness (QED) is 0.803. The summed E-state index contributed by atoms with van der Waals surface area (Å²) in [4.78, 5) is 12.4. The van der Waals surface area contributed by atoms with Crippen molar-refractivity contribution in [2.75, 3.05) is 13.1 Å². The molecule has 0 saturated carbocycles. The van der Waals surface area contributed by atoms with Gasteiger partial charge in [-0.25, -0.2) is 0 Å². The minimum Gasteiger partial charge on any atom is -0.369 e. The lowest BCUT2D eigenvalue weighted by Gasteiger charge is -2.28. The maximum atomic E-state index is 12.4. The summed E-state index contributed by atoms with van der Waals surface area (Å²) in [6, 6.07) is 0. The van der Waals surface area contributed by atoms with Crippen LogP contribution >= 0.6 is 0 Å². The van der Waals surface area contributed by atoms with Crippen molar-refractivity contribution in [3.63, 3.8) is 0 Å². The minimum atomic E-state index is -0.332. The lowest BCUT2D eigenvalue weighted by Crippen LogP contribution is -2.39. The fourth-order valence-electron chi connectivity index (χ4n) is 2.81. The van der Waals surface area contributed by atoms with Crippen LogP contribution in [0.5, 0.6) is 0 Å². The van der Waals surface area contributed by atoms with E-state index in [0.29, 0.717) is 5.78 Å². The van der Waals surface area contributed by atoms with Crippen LogP contribution in [-0.4, -0.2) is 30.1 Å². The summed E-state index contributed by atoms with van der Waals surface area (Å²) >= 11 is 0. The van der Waals surface area contributed by atoms with Gasteiger partial charge in [0.2, 0.25) is 0 Å². The normalized spacial score (nSPS) is 28.0. The number of ketones is 1. The summed E-state index contributed by atoms with van der Waals surface area (Å²) in [5.74, 6) is 0.421. The number of nitrogens with one attached hydrogen (secondary N) is 1. The van der Waals surface area contributed by atoms with Crippen molar-refractivity contribution in [1.82, 2.24) is 5.32 Å². The van der Waals surface area contributed by atoms with Crippen molar-refractivity contribution in [1.29, 1.82) is 0 Å². The highest BCUT2D eigenvalue weighted by Crippen LogP contribution is 2.43. The first-order chi connectivity index (χ1) is 7.69. The third-order valence-electron chi connectivity index (χ3n) is 3.60. The summed E-state index contributed by atoms with van der Waals surface area (Å²) < 4.78 is 5.98. The minimum absolute atomic E-state index is 0.0196. The lowest BCUT2D eigenvalue weighted by molar-refractivity contribution is -0.132. The molecule has 1 rings (SSSR count). The average molecular weight is 241 g/mol. The molecule has 1 saturated heterocycles. The zero-order valence-electron chi connectivity index (χ0n) is 12.1. The number of ether oxygens (including phenoxy) is 1. The van der Waals surface area contributed by atoms with Gasteiger partial charge in [-0.05, 0) is 40.7 Å². The molecule has 3 heteroatoms. The summed E-state index contributed by atoms with van der Waals surface area (Å²) in [6.45, 7) is 13.9. The lowest BCUT2D eigenvalue weighted by atomic mass is 9.80. The maximum absolute atomic E-state index is 12.4. The molecule has 3 nitrogen and oxygen atoms in total. The van der Waals surface area contributed by atoms with E-state index in [9.17, 15) is 4.79 Å². The van der Waals surface area contributed by atoms with Gasteiger partial charge in [0, 0.05) is 18.4 Å². The van der Waals surface area contributed by atoms with Crippen molar-refractivity contribution >= 4 is 5.78 Å². The van der Waals surface area contributed by atoms with Crippen LogP contribution in [0.15, 0.2) is 0 Å². The average Bonchev–Trinajstić information content (AvgIpc) is 2.42. The van der Waals surface area contributed by atoms with Crippen LogP contribution in [-0.2, 0) is 9.53 Å². The molecule has 0 aromatic heterocycles. The molecule has 1 fully saturated rings. The number of rotatable bonds is 5. The summed E-state index contributed by atoms with van der Waals surface area (Å²) in [5, 5.41) is 3.24. The molecule has 0 spiro atoms. The van der Waals surface area contributed by atoms with Gasteiger partial charge in [-0.2, -0.15) is 0 Å². The van der Waals surface area contributed by atoms with E-state index in [4.69, 9.17) is 4.74 Å². The van der Waals surface area contributed by atoms with E-state index in [1.165, 1.54) is 0 Å². The predicted octanol–water partition coefficient (Wildman–Crippen LogP) is 2.39.